The summed E-state index contributed by atoms with van der Waals surface area (Å²) in [5.41, 5.74) is 2.58. The van der Waals surface area contributed by atoms with Crippen LogP contribution in [0, 0.1) is 10.5 Å². The normalized spacial score (nSPS) is 10.3. The van der Waals surface area contributed by atoms with Crippen molar-refractivity contribution < 1.29 is 9.32 Å². The third-order valence-electron chi connectivity index (χ3n) is 2.27. The van der Waals surface area contributed by atoms with E-state index < -0.39 is 0 Å². The Labute approximate surface area is 113 Å². The second-order valence-electron chi connectivity index (χ2n) is 3.66. The van der Waals surface area contributed by atoms with Gasteiger partial charge in [0.25, 0.3) is 0 Å². The SMILES string of the molecule is CC(=O)Nc1ccc(-c2noc(C)c2I)cc1. The number of carbonyl (C=O) groups is 1. The number of amides is 1. The molecule has 2 aromatic rings. The van der Waals surface area contributed by atoms with Crippen LogP contribution in [0.25, 0.3) is 11.3 Å². The first kappa shape index (κ1) is 12.1. The number of rotatable bonds is 2. The van der Waals surface area contributed by atoms with Crippen molar-refractivity contribution in [2.24, 2.45) is 0 Å². The number of anilines is 1. The van der Waals surface area contributed by atoms with Gasteiger partial charge in [0, 0.05) is 18.2 Å². The molecule has 1 heterocycles. The fraction of sp³-hybridized carbons (Fsp3) is 0.167. The maximum atomic E-state index is 10.9. The molecule has 0 atom stereocenters. The third-order valence-corrected chi connectivity index (χ3v) is 3.54. The molecule has 0 aliphatic heterocycles. The number of aromatic nitrogens is 1. The first-order valence-electron chi connectivity index (χ1n) is 5.07. The van der Waals surface area contributed by atoms with Gasteiger partial charge < -0.3 is 9.84 Å². The van der Waals surface area contributed by atoms with Crippen LogP contribution in [0.4, 0.5) is 5.69 Å². The van der Waals surface area contributed by atoms with Gasteiger partial charge in [-0.25, -0.2) is 0 Å². The molecule has 1 aromatic heterocycles. The van der Waals surface area contributed by atoms with Gasteiger partial charge in [-0.2, -0.15) is 0 Å². The van der Waals surface area contributed by atoms with E-state index in [1.165, 1.54) is 6.92 Å². The highest BCUT2D eigenvalue weighted by atomic mass is 127. The van der Waals surface area contributed by atoms with E-state index in [9.17, 15) is 4.79 Å². The van der Waals surface area contributed by atoms with E-state index in [2.05, 4.69) is 33.1 Å². The van der Waals surface area contributed by atoms with E-state index in [1.54, 1.807) is 0 Å². The lowest BCUT2D eigenvalue weighted by atomic mass is 10.1. The van der Waals surface area contributed by atoms with Crippen LogP contribution in [0.5, 0.6) is 0 Å². The Balaban J connectivity index is 2.29. The van der Waals surface area contributed by atoms with Gasteiger partial charge in [-0.05, 0) is 41.6 Å². The average Bonchev–Trinajstić information content (AvgIpc) is 2.60. The maximum absolute atomic E-state index is 10.9. The molecule has 88 valence electrons. The van der Waals surface area contributed by atoms with E-state index in [-0.39, 0.29) is 5.91 Å². The molecular formula is C12H11IN2O2. The molecule has 17 heavy (non-hydrogen) atoms. The maximum Gasteiger partial charge on any atom is 0.221 e. The summed E-state index contributed by atoms with van der Waals surface area (Å²) >= 11 is 2.21. The molecule has 1 N–H and O–H groups in total. The van der Waals surface area contributed by atoms with Crippen LogP contribution < -0.4 is 5.32 Å². The van der Waals surface area contributed by atoms with Crippen LogP contribution in [-0.4, -0.2) is 11.1 Å². The molecule has 5 heteroatoms. The lowest BCUT2D eigenvalue weighted by Crippen LogP contribution is -2.05. The number of hydrogen-bond donors (Lipinski definition) is 1. The molecule has 1 amide bonds. The minimum absolute atomic E-state index is 0.0791. The van der Waals surface area contributed by atoms with E-state index in [4.69, 9.17) is 4.52 Å². The van der Waals surface area contributed by atoms with Gasteiger partial charge in [-0.3, -0.25) is 4.79 Å². The van der Waals surface area contributed by atoms with Gasteiger partial charge in [-0.15, -0.1) is 0 Å². The molecule has 0 aliphatic carbocycles. The van der Waals surface area contributed by atoms with Crippen LogP contribution in [0.1, 0.15) is 12.7 Å². The molecular weight excluding hydrogens is 331 g/mol. The highest BCUT2D eigenvalue weighted by Gasteiger charge is 2.11. The zero-order valence-corrected chi connectivity index (χ0v) is 11.6. The fourth-order valence-electron chi connectivity index (χ4n) is 1.46. The number of aryl methyl sites for hydroxylation is 1. The minimum atomic E-state index is -0.0791. The molecule has 0 unspecified atom stereocenters. The predicted molar refractivity (Wildman–Crippen MR) is 73.7 cm³/mol. The minimum Gasteiger partial charge on any atom is -0.360 e. The first-order valence-corrected chi connectivity index (χ1v) is 6.15. The summed E-state index contributed by atoms with van der Waals surface area (Å²) in [6, 6.07) is 7.50. The number of nitrogens with zero attached hydrogens (tertiary/aromatic N) is 1. The van der Waals surface area contributed by atoms with E-state index in [0.29, 0.717) is 0 Å². The first-order chi connectivity index (χ1) is 8.08. The topological polar surface area (TPSA) is 55.1 Å². The summed E-state index contributed by atoms with van der Waals surface area (Å²) in [5, 5.41) is 6.72. The summed E-state index contributed by atoms with van der Waals surface area (Å²) in [7, 11) is 0. The quantitative estimate of drug-likeness (QED) is 0.853. The molecule has 0 aliphatic rings. The van der Waals surface area contributed by atoms with Crippen molar-refractivity contribution in [3.63, 3.8) is 0 Å². The lowest BCUT2D eigenvalue weighted by molar-refractivity contribution is -0.114. The van der Waals surface area contributed by atoms with Gasteiger partial charge in [0.05, 0.1) is 3.57 Å². The summed E-state index contributed by atoms with van der Waals surface area (Å²) in [6.07, 6.45) is 0. The molecule has 1 aromatic carbocycles. The molecule has 2 rings (SSSR count). The van der Waals surface area contributed by atoms with Gasteiger partial charge in [0.2, 0.25) is 5.91 Å². The highest BCUT2D eigenvalue weighted by Crippen LogP contribution is 2.27. The monoisotopic (exact) mass is 342 g/mol. The predicted octanol–water partition coefficient (Wildman–Crippen LogP) is 3.21. The molecule has 0 spiro atoms. The zero-order valence-electron chi connectivity index (χ0n) is 9.45. The van der Waals surface area contributed by atoms with E-state index in [0.717, 1.165) is 26.3 Å². The number of carbonyl (C=O) groups excluding carboxylic acids is 1. The number of hydrogen-bond acceptors (Lipinski definition) is 3. The van der Waals surface area contributed by atoms with Crippen molar-refractivity contribution in [2.45, 2.75) is 13.8 Å². The van der Waals surface area contributed by atoms with Crippen molar-refractivity contribution >= 4 is 34.2 Å². The number of benzene rings is 1. The Kier molecular flexibility index (Phi) is 3.46. The van der Waals surface area contributed by atoms with Crippen LogP contribution in [0.3, 0.4) is 0 Å². The van der Waals surface area contributed by atoms with Crippen molar-refractivity contribution in [2.75, 3.05) is 5.32 Å². The smallest absolute Gasteiger partial charge is 0.221 e. The Morgan fingerprint density at radius 2 is 2.00 bits per heavy atom. The summed E-state index contributed by atoms with van der Waals surface area (Å²) in [6.45, 7) is 3.36. The van der Waals surface area contributed by atoms with Crippen molar-refractivity contribution in [1.82, 2.24) is 5.16 Å². The third kappa shape index (κ3) is 2.66. The summed E-state index contributed by atoms with van der Waals surface area (Å²) in [5.74, 6) is 0.733. The van der Waals surface area contributed by atoms with E-state index in [1.807, 2.05) is 31.2 Å². The molecule has 0 saturated carbocycles. The van der Waals surface area contributed by atoms with Gasteiger partial charge in [0.15, 0.2) is 0 Å². The Bertz CT molecular complexity index is 546. The van der Waals surface area contributed by atoms with Gasteiger partial charge in [0.1, 0.15) is 11.5 Å². The van der Waals surface area contributed by atoms with Crippen molar-refractivity contribution in [3.8, 4) is 11.3 Å². The van der Waals surface area contributed by atoms with Gasteiger partial charge in [-0.1, -0.05) is 17.3 Å². The Morgan fingerprint density at radius 1 is 1.35 bits per heavy atom. The van der Waals surface area contributed by atoms with Crippen molar-refractivity contribution in [3.05, 3.63) is 33.6 Å². The molecule has 0 fully saturated rings. The number of nitrogens with one attached hydrogen (secondary N) is 1. The zero-order chi connectivity index (χ0) is 12.4. The molecule has 0 saturated heterocycles. The van der Waals surface area contributed by atoms with Crippen molar-refractivity contribution in [1.29, 1.82) is 0 Å². The Hall–Kier alpha value is -1.37. The van der Waals surface area contributed by atoms with E-state index >= 15 is 0 Å². The molecule has 0 bridgehead atoms. The Morgan fingerprint density at radius 3 is 2.47 bits per heavy atom. The standard InChI is InChI=1S/C12H11IN2O2/c1-7-11(13)12(15-17-7)9-3-5-10(6-4-9)14-8(2)16/h3-6H,1-2H3,(H,14,16). The van der Waals surface area contributed by atoms with Crippen LogP contribution in [0.2, 0.25) is 0 Å². The van der Waals surface area contributed by atoms with Gasteiger partial charge >= 0.3 is 0 Å². The summed E-state index contributed by atoms with van der Waals surface area (Å²) < 4.78 is 6.13. The largest absolute Gasteiger partial charge is 0.360 e. The lowest BCUT2D eigenvalue weighted by Gasteiger charge is -2.02. The molecule has 0 radical (unpaired) electrons. The fourth-order valence-corrected chi connectivity index (χ4v) is 1.96. The second kappa shape index (κ2) is 4.87. The molecule has 4 nitrogen and oxygen atoms in total. The average molecular weight is 342 g/mol. The number of halogens is 1. The van der Waals surface area contributed by atoms with Crippen LogP contribution >= 0.6 is 22.6 Å². The highest BCUT2D eigenvalue weighted by molar-refractivity contribution is 14.1. The van der Waals surface area contributed by atoms with Crippen LogP contribution in [0.15, 0.2) is 28.8 Å². The summed E-state index contributed by atoms with van der Waals surface area (Å²) in [4.78, 5) is 10.9. The second-order valence-corrected chi connectivity index (χ2v) is 4.74. The van der Waals surface area contributed by atoms with Crippen LogP contribution in [-0.2, 0) is 4.79 Å².